The fraction of sp³-hybridized carbons (Fsp3) is 0.429. The second-order valence-electron chi connectivity index (χ2n) is 15.0. The van der Waals surface area contributed by atoms with E-state index >= 15 is 4.39 Å². The number of aromatic nitrogens is 3. The summed E-state index contributed by atoms with van der Waals surface area (Å²) in [7, 11) is 1.23. The SMILES string of the molecule is CCC1CCOCC1.COc1nc2c3c(c(C(F)(F)F)c(-c4ccc(F)c5sc(N)c(C#N)c45)c(F)c3n1)OCCN2Cc1cccnc1N.FC(F)=C1CC2CCCN2C1. The number of nitrogens with zero attached hydrogens (tertiary/aromatic N) is 6. The van der Waals surface area contributed by atoms with Gasteiger partial charge >= 0.3 is 12.2 Å². The van der Waals surface area contributed by atoms with E-state index in [1.54, 1.807) is 23.1 Å². The van der Waals surface area contributed by atoms with Crippen molar-refractivity contribution in [2.45, 2.75) is 64.2 Å². The van der Waals surface area contributed by atoms with E-state index in [1.165, 1.54) is 39.0 Å². The molecule has 0 radical (unpaired) electrons. The Hall–Kier alpha value is -5.45. The predicted octanol–water partition coefficient (Wildman–Crippen LogP) is 9.48. The summed E-state index contributed by atoms with van der Waals surface area (Å²) in [6, 6.07) is 7.12. The number of thiophene rings is 1. The number of rotatable bonds is 5. The minimum atomic E-state index is -5.17. The maximum atomic E-state index is 16.6. The second-order valence-corrected chi connectivity index (χ2v) is 16.1. The Morgan fingerprint density at radius 1 is 1.05 bits per heavy atom. The Labute approximate surface area is 350 Å². The predicted molar refractivity (Wildman–Crippen MR) is 218 cm³/mol. The van der Waals surface area contributed by atoms with E-state index in [9.17, 15) is 31.6 Å². The van der Waals surface area contributed by atoms with Gasteiger partial charge < -0.3 is 30.6 Å². The average Bonchev–Trinajstić information content (AvgIpc) is 3.93. The quantitative estimate of drug-likeness (QED) is 0.163. The summed E-state index contributed by atoms with van der Waals surface area (Å²) in [6.45, 7) is 5.63. The van der Waals surface area contributed by atoms with E-state index < -0.39 is 51.8 Å². The van der Waals surface area contributed by atoms with Crippen LogP contribution in [0.3, 0.4) is 0 Å². The molecule has 11 nitrogen and oxygen atoms in total. The fourth-order valence-corrected chi connectivity index (χ4v) is 9.24. The van der Waals surface area contributed by atoms with E-state index in [-0.39, 0.29) is 63.4 Å². The Kier molecular flexibility index (Phi) is 13.1. The van der Waals surface area contributed by atoms with Crippen LogP contribution in [0, 0.1) is 28.9 Å². The molecule has 0 saturated carbocycles. The number of hydrogen-bond acceptors (Lipinski definition) is 12. The summed E-state index contributed by atoms with van der Waals surface area (Å²) in [5.74, 6) is -1.86. The molecule has 7 heterocycles. The zero-order chi connectivity index (χ0) is 43.6. The molecule has 4 aliphatic heterocycles. The van der Waals surface area contributed by atoms with Gasteiger partial charge in [-0.05, 0) is 62.3 Å². The van der Waals surface area contributed by atoms with Gasteiger partial charge in [-0.2, -0.15) is 37.2 Å². The highest BCUT2D eigenvalue weighted by molar-refractivity contribution is 7.23. The molecule has 1 unspecified atom stereocenters. The molecule has 1 atom stereocenters. The zero-order valence-corrected chi connectivity index (χ0v) is 34.2. The molecule has 0 amide bonds. The van der Waals surface area contributed by atoms with Gasteiger partial charge in [-0.25, -0.2) is 13.8 Å². The van der Waals surface area contributed by atoms with E-state index in [4.69, 9.17) is 25.7 Å². The Bertz CT molecular complexity index is 2490. The second kappa shape index (κ2) is 18.3. The lowest BCUT2D eigenvalue weighted by Gasteiger charge is -2.24. The summed E-state index contributed by atoms with van der Waals surface area (Å²) < 4.78 is 116. The minimum Gasteiger partial charge on any atom is -0.490 e. The molecule has 2 aromatic carbocycles. The molecule has 3 fully saturated rings. The summed E-state index contributed by atoms with van der Waals surface area (Å²) in [6.07, 6.45) is 1.69. The molecule has 324 valence electrons. The summed E-state index contributed by atoms with van der Waals surface area (Å²) in [5.41, 5.74) is 9.18. The van der Waals surface area contributed by atoms with Crippen LogP contribution in [-0.2, 0) is 17.5 Å². The first-order valence-electron chi connectivity index (χ1n) is 19.8. The van der Waals surface area contributed by atoms with Crippen LogP contribution >= 0.6 is 11.3 Å². The third-order valence-electron chi connectivity index (χ3n) is 11.4. The van der Waals surface area contributed by atoms with E-state index in [0.717, 1.165) is 44.2 Å². The Balaban J connectivity index is 0.000000240. The van der Waals surface area contributed by atoms with Crippen LogP contribution < -0.4 is 25.8 Å². The number of alkyl halides is 3. The van der Waals surface area contributed by atoms with Crippen molar-refractivity contribution in [1.29, 1.82) is 5.26 Å². The Morgan fingerprint density at radius 3 is 2.46 bits per heavy atom. The first kappa shape index (κ1) is 43.6. The topological polar surface area (TPSA) is 149 Å². The zero-order valence-electron chi connectivity index (χ0n) is 33.4. The molecule has 61 heavy (non-hydrogen) atoms. The van der Waals surface area contributed by atoms with Crippen molar-refractivity contribution >= 4 is 49.0 Å². The van der Waals surface area contributed by atoms with E-state index in [0.29, 0.717) is 41.5 Å². The first-order chi connectivity index (χ1) is 29.2. The molecule has 9 rings (SSSR count). The van der Waals surface area contributed by atoms with Crippen molar-refractivity contribution in [1.82, 2.24) is 19.9 Å². The smallest absolute Gasteiger partial charge is 0.420 e. The number of methoxy groups -OCH3 is 1. The van der Waals surface area contributed by atoms with Crippen LogP contribution in [0.25, 0.3) is 32.1 Å². The van der Waals surface area contributed by atoms with Crippen LogP contribution in [0.5, 0.6) is 11.8 Å². The van der Waals surface area contributed by atoms with Gasteiger partial charge in [-0.1, -0.05) is 25.5 Å². The standard InChI is InChI=1S/C27H18F5N7O2S.C8H11F2N.C7H14O/c1-40-26-37-20-17-21(41-8-7-39(25(17)38-26)10-11-3-2-6-36-23(11)34)18(27(30,31)32)16(19(20)29)12-4-5-14(28)22-15(12)13(9-33)24(35)42-22;9-8(10)6-4-7-2-1-3-11(7)5-6;1-2-7-3-5-8-6-4-7/h2-6H,7-8,10,35H2,1H3,(H2,34,36);7H,1-5H2;7H,2-6H2,1H3. The maximum Gasteiger partial charge on any atom is 0.420 e. The lowest BCUT2D eigenvalue weighted by Crippen LogP contribution is -2.28. The molecule has 5 aromatic rings. The maximum absolute atomic E-state index is 16.6. The summed E-state index contributed by atoms with van der Waals surface area (Å²) >= 11 is 0.675. The minimum absolute atomic E-state index is 0.0347. The van der Waals surface area contributed by atoms with Crippen LogP contribution in [0.15, 0.2) is 42.1 Å². The van der Waals surface area contributed by atoms with E-state index in [2.05, 4.69) is 26.8 Å². The van der Waals surface area contributed by atoms with Crippen molar-refractivity contribution in [2.75, 3.05) is 62.9 Å². The van der Waals surface area contributed by atoms with Gasteiger partial charge in [0, 0.05) is 60.6 Å². The largest absolute Gasteiger partial charge is 0.490 e. The monoisotopic (exact) mass is 872 g/mol. The van der Waals surface area contributed by atoms with Gasteiger partial charge in [-0.15, -0.1) is 11.3 Å². The molecule has 0 aliphatic carbocycles. The number of nitrogens with two attached hydrogens (primary N) is 2. The van der Waals surface area contributed by atoms with Gasteiger partial charge in [-0.3, -0.25) is 4.90 Å². The summed E-state index contributed by atoms with van der Waals surface area (Å²) in [4.78, 5) is 16.1. The third-order valence-corrected chi connectivity index (χ3v) is 12.4. The number of ether oxygens (including phenoxy) is 3. The highest BCUT2D eigenvalue weighted by atomic mass is 32.1. The normalized spacial score (nSPS) is 17.8. The van der Waals surface area contributed by atoms with E-state index in [1.807, 2.05) is 0 Å². The van der Waals surface area contributed by atoms with Gasteiger partial charge in [0.05, 0.1) is 29.3 Å². The van der Waals surface area contributed by atoms with Crippen LogP contribution in [0.1, 0.15) is 62.1 Å². The molecular formula is C42H43F7N8O3S. The molecule has 0 bridgehead atoms. The van der Waals surface area contributed by atoms with Gasteiger partial charge in [0.1, 0.15) is 52.0 Å². The Morgan fingerprint density at radius 2 is 1.82 bits per heavy atom. The average molecular weight is 873 g/mol. The third kappa shape index (κ3) is 8.84. The van der Waals surface area contributed by atoms with Crippen molar-refractivity contribution < 1.29 is 44.9 Å². The number of nitrogen functional groups attached to an aromatic ring is 2. The lowest BCUT2D eigenvalue weighted by atomic mass is 9.91. The number of benzene rings is 2. The number of nitriles is 1. The molecule has 4 N–H and O–H groups in total. The number of hydrogen-bond donors (Lipinski definition) is 2. The molecule has 4 aliphatic rings. The van der Waals surface area contributed by atoms with Crippen molar-refractivity contribution in [2.24, 2.45) is 5.92 Å². The van der Waals surface area contributed by atoms with Gasteiger partial charge in [0.2, 0.25) is 0 Å². The van der Waals surface area contributed by atoms with Crippen LogP contribution in [-0.4, -0.2) is 72.5 Å². The van der Waals surface area contributed by atoms with Crippen LogP contribution in [0.4, 0.5) is 47.4 Å². The molecule has 19 heteroatoms. The molecule has 3 saturated heterocycles. The van der Waals surface area contributed by atoms with Crippen molar-refractivity contribution in [3.05, 3.63) is 70.4 Å². The molecular weight excluding hydrogens is 830 g/mol. The number of pyridine rings is 1. The highest BCUT2D eigenvalue weighted by Crippen LogP contribution is 2.53. The molecule has 3 aromatic heterocycles. The molecule has 0 spiro atoms. The van der Waals surface area contributed by atoms with Crippen molar-refractivity contribution in [3.8, 4) is 29.0 Å². The van der Waals surface area contributed by atoms with Gasteiger partial charge in [0.25, 0.3) is 6.08 Å². The first-order valence-corrected chi connectivity index (χ1v) is 20.6. The van der Waals surface area contributed by atoms with Crippen LogP contribution in [0.2, 0.25) is 0 Å². The van der Waals surface area contributed by atoms with Crippen molar-refractivity contribution in [3.63, 3.8) is 0 Å². The number of fused-ring (bicyclic) bond motifs is 2. The summed E-state index contributed by atoms with van der Waals surface area (Å²) in [5, 5.41) is 9.00. The number of halogens is 7. The van der Waals surface area contributed by atoms with Gasteiger partial charge in [0.15, 0.2) is 5.82 Å². The lowest BCUT2D eigenvalue weighted by molar-refractivity contribution is -0.138. The fourth-order valence-electron chi connectivity index (χ4n) is 8.29. The highest BCUT2D eigenvalue weighted by Gasteiger charge is 2.44. The number of anilines is 3.